The summed E-state index contributed by atoms with van der Waals surface area (Å²) in [6.45, 7) is 10.5. The van der Waals surface area contributed by atoms with Gasteiger partial charge in [-0.1, -0.05) is 19.9 Å². The van der Waals surface area contributed by atoms with Crippen molar-refractivity contribution >= 4 is 23.2 Å². The highest BCUT2D eigenvalue weighted by Crippen LogP contribution is 2.42. The number of fused-ring (bicyclic) bond motifs is 2. The van der Waals surface area contributed by atoms with Gasteiger partial charge < -0.3 is 14.8 Å². The van der Waals surface area contributed by atoms with E-state index in [1.165, 1.54) is 17.7 Å². The molecule has 2 aromatic rings. The monoisotopic (exact) mass is 526 g/mol. The Morgan fingerprint density at radius 2 is 1.78 bits per heavy atom. The van der Waals surface area contributed by atoms with Crippen LogP contribution in [0.25, 0.3) is 0 Å². The van der Waals surface area contributed by atoms with Gasteiger partial charge in [-0.15, -0.1) is 21.5 Å². The second kappa shape index (κ2) is 11.2. The standard InChI is InChI=1S/C28H42N6O2S/c1-18(2)27-31-30-19(3)34(27)24-16-22-7-8-23(17-24)33(22)14-11-25(26-6-5-15-37-26)29-28(36)21-9-12-32(13-10-21)20(4)35/h5-6,15,18,21-25H,7-14,16-17H2,1-4H3,(H,29,36)/t22-,23+,24?,25-/m0/s1. The highest BCUT2D eigenvalue weighted by molar-refractivity contribution is 7.10. The van der Waals surface area contributed by atoms with Crippen LogP contribution in [0.15, 0.2) is 17.5 Å². The lowest BCUT2D eigenvalue weighted by Crippen LogP contribution is -2.46. The molecule has 5 heterocycles. The maximum Gasteiger partial charge on any atom is 0.223 e. The Labute approximate surface area is 224 Å². The molecule has 0 aliphatic carbocycles. The Bertz CT molecular complexity index is 1060. The third kappa shape index (κ3) is 5.62. The quantitative estimate of drug-likeness (QED) is 0.550. The zero-order valence-corrected chi connectivity index (χ0v) is 23.5. The summed E-state index contributed by atoms with van der Waals surface area (Å²) in [6, 6.07) is 5.92. The van der Waals surface area contributed by atoms with Crippen LogP contribution in [0.2, 0.25) is 0 Å². The number of aryl methyl sites for hydroxylation is 1. The molecule has 0 spiro atoms. The van der Waals surface area contributed by atoms with Crippen LogP contribution in [0.1, 0.15) is 100 Å². The second-order valence-electron chi connectivity index (χ2n) is 11.5. The van der Waals surface area contributed by atoms with Crippen molar-refractivity contribution in [3.05, 3.63) is 34.0 Å². The van der Waals surface area contributed by atoms with Crippen LogP contribution >= 0.6 is 11.3 Å². The Hall–Kier alpha value is -2.26. The number of amides is 2. The number of carbonyl (C=O) groups excluding carboxylic acids is 2. The first-order valence-electron chi connectivity index (χ1n) is 14.1. The second-order valence-corrected chi connectivity index (χ2v) is 12.5. The molecule has 37 heavy (non-hydrogen) atoms. The molecular formula is C28H42N6O2S. The average Bonchev–Trinajstić information content (AvgIpc) is 3.60. The molecule has 0 radical (unpaired) electrons. The minimum atomic E-state index is -0.00725. The number of nitrogens with zero attached hydrogens (tertiary/aromatic N) is 5. The minimum absolute atomic E-state index is 0.00725. The van der Waals surface area contributed by atoms with Crippen molar-refractivity contribution in [1.82, 2.24) is 29.9 Å². The van der Waals surface area contributed by atoms with E-state index in [9.17, 15) is 9.59 Å². The van der Waals surface area contributed by atoms with E-state index in [2.05, 4.69) is 63.3 Å². The smallest absolute Gasteiger partial charge is 0.223 e. The number of hydrogen-bond acceptors (Lipinski definition) is 6. The molecular weight excluding hydrogens is 484 g/mol. The molecule has 4 atom stereocenters. The first kappa shape index (κ1) is 26.4. The molecule has 0 aromatic carbocycles. The summed E-state index contributed by atoms with van der Waals surface area (Å²) in [5.74, 6) is 2.77. The van der Waals surface area contributed by atoms with Gasteiger partial charge in [0.2, 0.25) is 11.8 Å². The third-order valence-corrected chi connectivity index (χ3v) is 9.81. The molecule has 3 aliphatic heterocycles. The van der Waals surface area contributed by atoms with Crippen LogP contribution in [0.5, 0.6) is 0 Å². The van der Waals surface area contributed by atoms with Gasteiger partial charge in [0.25, 0.3) is 0 Å². The summed E-state index contributed by atoms with van der Waals surface area (Å²) in [5, 5.41) is 14.4. The fourth-order valence-electron chi connectivity index (χ4n) is 6.85. The lowest BCUT2D eigenvalue weighted by molar-refractivity contribution is -0.134. The molecule has 2 aromatic heterocycles. The molecule has 3 fully saturated rings. The van der Waals surface area contributed by atoms with E-state index in [1.807, 2.05) is 4.90 Å². The first-order valence-corrected chi connectivity index (χ1v) is 15.0. The Morgan fingerprint density at radius 1 is 1.08 bits per heavy atom. The average molecular weight is 527 g/mol. The lowest BCUT2D eigenvalue weighted by Gasteiger charge is -2.40. The molecule has 3 saturated heterocycles. The van der Waals surface area contributed by atoms with Gasteiger partial charge in [0.15, 0.2) is 0 Å². The van der Waals surface area contributed by atoms with Crippen molar-refractivity contribution in [3.63, 3.8) is 0 Å². The van der Waals surface area contributed by atoms with Crippen LogP contribution in [-0.2, 0) is 9.59 Å². The number of likely N-dealkylation sites (tertiary alicyclic amines) is 1. The molecule has 2 bridgehead atoms. The van der Waals surface area contributed by atoms with Gasteiger partial charge in [-0.05, 0) is 63.3 Å². The van der Waals surface area contributed by atoms with E-state index < -0.39 is 0 Å². The summed E-state index contributed by atoms with van der Waals surface area (Å²) in [6.07, 6.45) is 7.25. The van der Waals surface area contributed by atoms with E-state index in [4.69, 9.17) is 0 Å². The number of hydrogen-bond donors (Lipinski definition) is 1. The molecule has 1 N–H and O–H groups in total. The fraction of sp³-hybridized carbons (Fsp3) is 0.714. The lowest BCUT2D eigenvalue weighted by atomic mass is 9.94. The highest BCUT2D eigenvalue weighted by atomic mass is 32.1. The summed E-state index contributed by atoms with van der Waals surface area (Å²) in [5.41, 5.74) is 0. The van der Waals surface area contributed by atoms with E-state index in [0.717, 1.165) is 50.3 Å². The number of rotatable bonds is 8. The summed E-state index contributed by atoms with van der Waals surface area (Å²) in [4.78, 5) is 30.7. The Kier molecular flexibility index (Phi) is 8.00. The maximum absolute atomic E-state index is 13.2. The largest absolute Gasteiger partial charge is 0.348 e. The molecule has 3 aliphatic rings. The molecule has 202 valence electrons. The van der Waals surface area contributed by atoms with Crippen LogP contribution in [0, 0.1) is 12.8 Å². The fourth-order valence-corrected chi connectivity index (χ4v) is 7.66. The molecule has 5 rings (SSSR count). The minimum Gasteiger partial charge on any atom is -0.348 e. The summed E-state index contributed by atoms with van der Waals surface area (Å²) >= 11 is 1.73. The predicted molar refractivity (Wildman–Crippen MR) is 145 cm³/mol. The van der Waals surface area contributed by atoms with Crippen molar-refractivity contribution in [2.75, 3.05) is 19.6 Å². The number of thiophene rings is 1. The Balaban J connectivity index is 1.21. The predicted octanol–water partition coefficient (Wildman–Crippen LogP) is 4.45. The number of piperidine rings is 2. The van der Waals surface area contributed by atoms with Crippen LogP contribution in [-0.4, -0.2) is 68.1 Å². The van der Waals surface area contributed by atoms with Gasteiger partial charge in [0.1, 0.15) is 11.6 Å². The molecule has 1 unspecified atom stereocenters. The van der Waals surface area contributed by atoms with Gasteiger partial charge in [-0.3, -0.25) is 14.5 Å². The molecule has 8 nitrogen and oxygen atoms in total. The maximum atomic E-state index is 13.2. The molecule has 9 heteroatoms. The van der Waals surface area contributed by atoms with Crippen molar-refractivity contribution < 1.29 is 9.59 Å². The Morgan fingerprint density at radius 3 is 2.38 bits per heavy atom. The zero-order valence-electron chi connectivity index (χ0n) is 22.7. The van der Waals surface area contributed by atoms with Gasteiger partial charge in [-0.25, -0.2) is 0 Å². The number of nitrogens with one attached hydrogen (secondary N) is 1. The van der Waals surface area contributed by atoms with E-state index >= 15 is 0 Å². The van der Waals surface area contributed by atoms with Crippen molar-refractivity contribution in [2.24, 2.45) is 5.92 Å². The van der Waals surface area contributed by atoms with Crippen molar-refractivity contribution in [3.8, 4) is 0 Å². The van der Waals surface area contributed by atoms with Crippen molar-refractivity contribution in [2.45, 2.75) is 103 Å². The van der Waals surface area contributed by atoms with E-state index in [0.29, 0.717) is 37.1 Å². The topological polar surface area (TPSA) is 83.4 Å². The van der Waals surface area contributed by atoms with E-state index in [-0.39, 0.29) is 23.8 Å². The van der Waals surface area contributed by atoms with Gasteiger partial charge >= 0.3 is 0 Å². The van der Waals surface area contributed by atoms with E-state index in [1.54, 1.807) is 18.3 Å². The SMILES string of the molecule is CC(=O)N1CCC(C(=O)N[C@@H](CCN2[C@@H]3CC[C@H]2CC(n2c(C)nnc2C(C)C)C3)c2cccs2)CC1. The van der Waals surface area contributed by atoms with Crippen molar-refractivity contribution in [1.29, 1.82) is 0 Å². The van der Waals surface area contributed by atoms with Crippen LogP contribution in [0.3, 0.4) is 0 Å². The third-order valence-electron chi connectivity index (χ3n) is 8.82. The number of aromatic nitrogens is 3. The first-order chi connectivity index (χ1) is 17.8. The highest BCUT2D eigenvalue weighted by Gasteiger charge is 2.42. The van der Waals surface area contributed by atoms with Gasteiger partial charge in [0, 0.05) is 61.4 Å². The van der Waals surface area contributed by atoms with Gasteiger partial charge in [-0.2, -0.15) is 0 Å². The summed E-state index contributed by atoms with van der Waals surface area (Å²) < 4.78 is 2.42. The summed E-state index contributed by atoms with van der Waals surface area (Å²) in [7, 11) is 0. The van der Waals surface area contributed by atoms with Crippen LogP contribution < -0.4 is 5.32 Å². The van der Waals surface area contributed by atoms with Gasteiger partial charge in [0.05, 0.1) is 6.04 Å². The zero-order chi connectivity index (χ0) is 26.1. The number of carbonyl (C=O) groups is 2. The normalized spacial score (nSPS) is 25.5. The molecule has 0 saturated carbocycles. The molecule has 2 amide bonds. The van der Waals surface area contributed by atoms with Crippen LogP contribution in [0.4, 0.5) is 0 Å².